The van der Waals surface area contributed by atoms with Gasteiger partial charge in [0.1, 0.15) is 0 Å². The van der Waals surface area contributed by atoms with Crippen molar-refractivity contribution in [1.29, 1.82) is 0 Å². The Hall–Kier alpha value is -0.670. The molecular formula is C17H27IN4S2. The number of nitrogens with zero attached hydrogens (tertiary/aromatic N) is 2. The molecule has 0 amide bonds. The first kappa shape index (κ1) is 21.4. The van der Waals surface area contributed by atoms with Crippen LogP contribution in [0.25, 0.3) is 0 Å². The first-order chi connectivity index (χ1) is 10.9. The molecular weight excluding hydrogens is 451 g/mol. The quantitative estimate of drug-likeness (QED) is 0.376. The van der Waals surface area contributed by atoms with E-state index in [1.807, 2.05) is 0 Å². The molecule has 4 nitrogen and oxygen atoms in total. The molecule has 0 saturated heterocycles. The summed E-state index contributed by atoms with van der Waals surface area (Å²) < 4.78 is 0. The molecule has 2 heterocycles. The van der Waals surface area contributed by atoms with Gasteiger partial charge in [-0.3, -0.25) is 4.99 Å². The SMILES string of the molecule is CN=C(NCc1csc(C(C)(C)C)n1)NCC(C)c1ccsc1.I. The Morgan fingerprint density at radius 1 is 1.29 bits per heavy atom. The minimum absolute atomic E-state index is 0. The Balaban J connectivity index is 0.00000288. The van der Waals surface area contributed by atoms with Gasteiger partial charge in [-0.05, 0) is 28.3 Å². The minimum Gasteiger partial charge on any atom is -0.356 e. The average molecular weight is 478 g/mol. The summed E-state index contributed by atoms with van der Waals surface area (Å²) in [5, 5.41) is 14.3. The lowest BCUT2D eigenvalue weighted by Gasteiger charge is -2.15. The van der Waals surface area contributed by atoms with Crippen molar-refractivity contribution >= 4 is 52.6 Å². The summed E-state index contributed by atoms with van der Waals surface area (Å²) >= 11 is 3.46. The van der Waals surface area contributed by atoms with Gasteiger partial charge in [0.2, 0.25) is 0 Å². The van der Waals surface area contributed by atoms with Crippen LogP contribution in [0.3, 0.4) is 0 Å². The second kappa shape index (κ2) is 9.72. The van der Waals surface area contributed by atoms with E-state index in [-0.39, 0.29) is 29.4 Å². The number of rotatable bonds is 5. The molecule has 0 spiro atoms. The normalized spacial score (nSPS) is 13.3. The highest BCUT2D eigenvalue weighted by atomic mass is 127. The molecule has 0 fully saturated rings. The molecule has 0 saturated carbocycles. The van der Waals surface area contributed by atoms with Crippen LogP contribution in [0.4, 0.5) is 0 Å². The molecule has 0 radical (unpaired) electrons. The maximum Gasteiger partial charge on any atom is 0.191 e. The number of hydrogen-bond acceptors (Lipinski definition) is 4. The van der Waals surface area contributed by atoms with Gasteiger partial charge in [-0.2, -0.15) is 11.3 Å². The molecule has 2 rings (SSSR count). The number of halogens is 1. The summed E-state index contributed by atoms with van der Waals surface area (Å²) in [7, 11) is 1.80. The topological polar surface area (TPSA) is 49.3 Å². The van der Waals surface area contributed by atoms with Gasteiger partial charge in [0.15, 0.2) is 5.96 Å². The summed E-state index contributed by atoms with van der Waals surface area (Å²) in [5.41, 5.74) is 2.54. The predicted molar refractivity (Wildman–Crippen MR) is 117 cm³/mol. The molecule has 1 atom stereocenters. The highest BCUT2D eigenvalue weighted by Crippen LogP contribution is 2.25. The summed E-state index contributed by atoms with van der Waals surface area (Å²) in [6.45, 7) is 10.3. The predicted octanol–water partition coefficient (Wildman–Crippen LogP) is 4.59. The molecule has 134 valence electrons. The van der Waals surface area contributed by atoms with Gasteiger partial charge in [0.25, 0.3) is 0 Å². The van der Waals surface area contributed by atoms with E-state index in [0.29, 0.717) is 12.5 Å². The van der Waals surface area contributed by atoms with E-state index >= 15 is 0 Å². The van der Waals surface area contributed by atoms with Gasteiger partial charge in [-0.15, -0.1) is 35.3 Å². The minimum atomic E-state index is 0. The molecule has 7 heteroatoms. The van der Waals surface area contributed by atoms with E-state index in [4.69, 9.17) is 4.98 Å². The molecule has 2 aromatic rings. The maximum absolute atomic E-state index is 4.70. The maximum atomic E-state index is 4.70. The first-order valence-electron chi connectivity index (χ1n) is 7.81. The lowest BCUT2D eigenvalue weighted by molar-refractivity contribution is 0.582. The van der Waals surface area contributed by atoms with E-state index in [1.165, 1.54) is 10.6 Å². The van der Waals surface area contributed by atoms with Crippen molar-refractivity contribution in [3.8, 4) is 0 Å². The Labute approximate surface area is 170 Å². The number of nitrogens with one attached hydrogen (secondary N) is 2. The second-order valence-corrected chi connectivity index (χ2v) is 8.30. The van der Waals surface area contributed by atoms with Crippen molar-refractivity contribution in [3.63, 3.8) is 0 Å². The lowest BCUT2D eigenvalue weighted by Crippen LogP contribution is -2.38. The highest BCUT2D eigenvalue weighted by molar-refractivity contribution is 14.0. The Kier molecular flexibility index (Phi) is 8.66. The first-order valence-corrected chi connectivity index (χ1v) is 9.64. The van der Waals surface area contributed by atoms with Crippen molar-refractivity contribution in [2.75, 3.05) is 13.6 Å². The molecule has 24 heavy (non-hydrogen) atoms. The fourth-order valence-electron chi connectivity index (χ4n) is 2.05. The van der Waals surface area contributed by atoms with E-state index in [0.717, 1.165) is 18.2 Å². The van der Waals surface area contributed by atoms with E-state index in [9.17, 15) is 0 Å². The van der Waals surface area contributed by atoms with Crippen LogP contribution in [0.2, 0.25) is 0 Å². The third kappa shape index (κ3) is 6.33. The van der Waals surface area contributed by atoms with Gasteiger partial charge in [0.05, 0.1) is 17.2 Å². The largest absolute Gasteiger partial charge is 0.356 e. The summed E-state index contributed by atoms with van der Waals surface area (Å²) in [4.78, 5) is 8.98. The third-order valence-corrected chi connectivity index (χ3v) is 5.56. The smallest absolute Gasteiger partial charge is 0.191 e. The Bertz CT molecular complexity index is 629. The van der Waals surface area contributed by atoms with E-state index in [1.54, 1.807) is 29.7 Å². The molecule has 1 unspecified atom stereocenters. The van der Waals surface area contributed by atoms with Crippen LogP contribution >= 0.6 is 46.7 Å². The third-order valence-electron chi connectivity index (χ3n) is 3.54. The fourth-order valence-corrected chi connectivity index (χ4v) is 3.74. The molecule has 0 aliphatic rings. The van der Waals surface area contributed by atoms with E-state index < -0.39 is 0 Å². The van der Waals surface area contributed by atoms with Gasteiger partial charge >= 0.3 is 0 Å². The number of aliphatic imine (C=N–C) groups is 1. The van der Waals surface area contributed by atoms with Gasteiger partial charge in [-0.1, -0.05) is 27.7 Å². The Morgan fingerprint density at radius 3 is 2.58 bits per heavy atom. The van der Waals surface area contributed by atoms with Crippen LogP contribution in [0, 0.1) is 0 Å². The van der Waals surface area contributed by atoms with Gasteiger partial charge in [-0.25, -0.2) is 4.98 Å². The zero-order valence-corrected chi connectivity index (χ0v) is 18.9. The molecule has 0 aliphatic carbocycles. The molecule has 0 aliphatic heterocycles. The number of hydrogen-bond donors (Lipinski definition) is 2. The Morgan fingerprint density at radius 2 is 2.04 bits per heavy atom. The second-order valence-electron chi connectivity index (χ2n) is 6.66. The van der Waals surface area contributed by atoms with Crippen molar-refractivity contribution in [1.82, 2.24) is 15.6 Å². The molecule has 2 N–H and O–H groups in total. The van der Waals surface area contributed by atoms with Crippen molar-refractivity contribution < 1.29 is 0 Å². The zero-order valence-electron chi connectivity index (χ0n) is 14.9. The summed E-state index contributed by atoms with van der Waals surface area (Å²) in [5.74, 6) is 1.28. The van der Waals surface area contributed by atoms with Gasteiger partial charge in [0, 0.05) is 24.4 Å². The van der Waals surface area contributed by atoms with Crippen LogP contribution in [0.1, 0.15) is 49.9 Å². The van der Waals surface area contributed by atoms with Crippen LogP contribution in [0.15, 0.2) is 27.2 Å². The highest BCUT2D eigenvalue weighted by Gasteiger charge is 2.17. The van der Waals surface area contributed by atoms with Crippen molar-refractivity contribution in [3.05, 3.63) is 38.5 Å². The molecule has 0 bridgehead atoms. The van der Waals surface area contributed by atoms with Gasteiger partial charge < -0.3 is 10.6 Å². The number of aromatic nitrogens is 1. The number of guanidine groups is 1. The lowest BCUT2D eigenvalue weighted by atomic mass is 9.98. The fraction of sp³-hybridized carbons (Fsp3) is 0.529. The van der Waals surface area contributed by atoms with Crippen molar-refractivity contribution in [2.45, 2.75) is 45.6 Å². The summed E-state index contributed by atoms with van der Waals surface area (Å²) in [6, 6.07) is 2.18. The van der Waals surface area contributed by atoms with Crippen LogP contribution < -0.4 is 10.6 Å². The molecule has 2 aromatic heterocycles. The molecule has 0 aromatic carbocycles. The standard InChI is InChI=1S/C17H26N4S2.HI/c1-12(13-6-7-22-10-13)8-19-16(18-5)20-9-14-11-23-15(21-14)17(2,3)4;/h6-7,10-12H,8-9H2,1-5H3,(H2,18,19,20);1H. The number of thiophene rings is 1. The van der Waals surface area contributed by atoms with Crippen LogP contribution in [-0.2, 0) is 12.0 Å². The zero-order chi connectivity index (χ0) is 16.9. The van der Waals surface area contributed by atoms with Crippen LogP contribution in [-0.4, -0.2) is 24.5 Å². The van der Waals surface area contributed by atoms with Crippen LogP contribution in [0.5, 0.6) is 0 Å². The monoisotopic (exact) mass is 478 g/mol. The average Bonchev–Trinajstić information content (AvgIpc) is 3.18. The van der Waals surface area contributed by atoms with Crippen molar-refractivity contribution in [2.24, 2.45) is 4.99 Å². The number of thiazole rings is 1. The van der Waals surface area contributed by atoms with E-state index in [2.05, 4.69) is 65.5 Å². The summed E-state index contributed by atoms with van der Waals surface area (Å²) in [6.07, 6.45) is 0.